The Morgan fingerprint density at radius 2 is 1.64 bits per heavy atom. The first-order valence-corrected chi connectivity index (χ1v) is 14.8. The van der Waals surface area contributed by atoms with Crippen molar-refractivity contribution in [2.24, 2.45) is 0 Å². The first kappa shape index (κ1) is 30.3. The van der Waals surface area contributed by atoms with E-state index in [1.165, 1.54) is 29.2 Å². The molecule has 3 aromatic carbocycles. The molecule has 208 valence electrons. The van der Waals surface area contributed by atoms with Crippen LogP contribution < -0.4 is 9.62 Å². The lowest BCUT2D eigenvalue weighted by Gasteiger charge is -2.32. The molecule has 10 heteroatoms. The number of nitrogens with one attached hydrogen (secondary N) is 1. The summed E-state index contributed by atoms with van der Waals surface area (Å²) in [6, 6.07) is 17.5. The third kappa shape index (κ3) is 7.89. The number of nitrogens with zero attached hydrogens (tertiary/aromatic N) is 2. The maximum atomic E-state index is 13.9. The smallest absolute Gasteiger partial charge is 0.264 e. The Morgan fingerprint density at radius 1 is 1.00 bits per heavy atom. The Hall–Kier alpha value is -3.24. The molecule has 0 aliphatic rings. The summed E-state index contributed by atoms with van der Waals surface area (Å²) < 4.78 is 43.0. The summed E-state index contributed by atoms with van der Waals surface area (Å²) in [6.45, 7) is 6.76. The minimum atomic E-state index is -4.21. The molecule has 0 aromatic heterocycles. The van der Waals surface area contributed by atoms with Gasteiger partial charge in [-0.2, -0.15) is 0 Å². The second kappa shape index (κ2) is 13.2. The predicted molar refractivity (Wildman–Crippen MR) is 154 cm³/mol. The zero-order valence-electron chi connectivity index (χ0n) is 22.4. The number of carbonyl (C=O) groups excluding carboxylic acids is 2. The Labute approximate surface area is 238 Å². The maximum Gasteiger partial charge on any atom is 0.264 e. The van der Waals surface area contributed by atoms with Crippen LogP contribution in [0.3, 0.4) is 0 Å². The summed E-state index contributed by atoms with van der Waals surface area (Å²) in [6.07, 6.45) is 0.713. The number of aryl methyl sites for hydroxylation is 1. The molecule has 0 spiro atoms. The molecule has 2 amide bonds. The van der Waals surface area contributed by atoms with Crippen LogP contribution in [-0.2, 0) is 26.2 Å². The fourth-order valence-electron chi connectivity index (χ4n) is 3.85. The minimum absolute atomic E-state index is 0.00803. The summed E-state index contributed by atoms with van der Waals surface area (Å²) in [5.41, 5.74) is 1.76. The Balaban J connectivity index is 2.02. The molecule has 0 unspecified atom stereocenters. The number of hydrogen-bond donors (Lipinski definition) is 1. The number of anilines is 1. The van der Waals surface area contributed by atoms with Crippen LogP contribution in [-0.4, -0.2) is 43.8 Å². The van der Waals surface area contributed by atoms with Crippen molar-refractivity contribution < 1.29 is 22.4 Å². The van der Waals surface area contributed by atoms with Gasteiger partial charge in [0.15, 0.2) is 0 Å². The van der Waals surface area contributed by atoms with Gasteiger partial charge in [-0.15, -0.1) is 0 Å². The normalized spacial score (nSPS) is 12.9. The third-order valence-electron chi connectivity index (χ3n) is 6.41. The van der Waals surface area contributed by atoms with Gasteiger partial charge in [0.2, 0.25) is 11.8 Å². The second-order valence-corrected chi connectivity index (χ2v) is 12.2. The third-order valence-corrected chi connectivity index (χ3v) is 8.69. The van der Waals surface area contributed by atoms with E-state index in [2.05, 4.69) is 21.2 Å². The van der Waals surface area contributed by atoms with Crippen molar-refractivity contribution in [1.29, 1.82) is 0 Å². The Morgan fingerprint density at radius 3 is 2.23 bits per heavy atom. The number of rotatable bonds is 11. The lowest BCUT2D eigenvalue weighted by atomic mass is 10.1. The van der Waals surface area contributed by atoms with E-state index in [-0.39, 0.29) is 29.1 Å². The fraction of sp³-hybridized carbons (Fsp3) is 0.310. The van der Waals surface area contributed by atoms with Crippen molar-refractivity contribution in [3.8, 4) is 0 Å². The molecule has 3 rings (SSSR count). The van der Waals surface area contributed by atoms with Crippen LogP contribution in [0.25, 0.3) is 0 Å². The predicted octanol–water partition coefficient (Wildman–Crippen LogP) is 5.42. The van der Waals surface area contributed by atoms with Crippen LogP contribution in [0.4, 0.5) is 10.1 Å². The van der Waals surface area contributed by atoms with Crippen LogP contribution in [0.1, 0.15) is 38.3 Å². The summed E-state index contributed by atoms with van der Waals surface area (Å²) in [4.78, 5) is 28.3. The van der Waals surface area contributed by atoms with E-state index in [1.54, 1.807) is 19.1 Å². The standard InChI is InChI=1S/C29H33BrFN3O4S/c1-5-21(3)32-29(36)22(4)33(18-23-7-6-8-24(30)17-23)28(35)19-34(26-13-11-25(31)12-14-26)39(37,38)27-15-9-20(2)10-16-27/h6-17,21-22H,5,18-19H2,1-4H3,(H,32,36)/t21-,22+/m1/s1. The van der Waals surface area contributed by atoms with Gasteiger partial charge in [0.1, 0.15) is 18.4 Å². The average molecular weight is 619 g/mol. The summed E-state index contributed by atoms with van der Waals surface area (Å²) in [7, 11) is -4.21. The summed E-state index contributed by atoms with van der Waals surface area (Å²) in [5.74, 6) is -1.46. The van der Waals surface area contributed by atoms with E-state index in [0.29, 0.717) is 6.42 Å². The zero-order valence-corrected chi connectivity index (χ0v) is 24.8. The highest BCUT2D eigenvalue weighted by Crippen LogP contribution is 2.25. The molecule has 0 bridgehead atoms. The molecule has 0 fully saturated rings. The van der Waals surface area contributed by atoms with Crippen molar-refractivity contribution >= 4 is 43.5 Å². The van der Waals surface area contributed by atoms with E-state index < -0.39 is 34.3 Å². The first-order valence-electron chi connectivity index (χ1n) is 12.6. The quantitative estimate of drug-likeness (QED) is 0.311. The molecule has 39 heavy (non-hydrogen) atoms. The molecule has 0 radical (unpaired) electrons. The van der Waals surface area contributed by atoms with E-state index in [9.17, 15) is 22.4 Å². The second-order valence-electron chi connectivity index (χ2n) is 9.45. The molecule has 0 saturated carbocycles. The largest absolute Gasteiger partial charge is 0.352 e. The topological polar surface area (TPSA) is 86.8 Å². The van der Waals surface area contributed by atoms with Gasteiger partial charge in [0, 0.05) is 17.1 Å². The van der Waals surface area contributed by atoms with Gasteiger partial charge in [-0.3, -0.25) is 13.9 Å². The zero-order chi connectivity index (χ0) is 28.7. The highest BCUT2D eigenvalue weighted by molar-refractivity contribution is 9.10. The molecule has 0 aliphatic heterocycles. The van der Waals surface area contributed by atoms with Gasteiger partial charge in [-0.1, -0.05) is 52.7 Å². The van der Waals surface area contributed by atoms with Gasteiger partial charge in [-0.25, -0.2) is 12.8 Å². The van der Waals surface area contributed by atoms with Gasteiger partial charge in [-0.05, 0) is 81.3 Å². The van der Waals surface area contributed by atoms with Crippen LogP contribution in [0.5, 0.6) is 0 Å². The van der Waals surface area contributed by atoms with E-state index in [1.807, 2.05) is 45.0 Å². The van der Waals surface area contributed by atoms with Crippen molar-refractivity contribution in [1.82, 2.24) is 10.2 Å². The van der Waals surface area contributed by atoms with Gasteiger partial charge < -0.3 is 10.2 Å². The molecule has 7 nitrogen and oxygen atoms in total. The monoisotopic (exact) mass is 617 g/mol. The Kier molecular flexibility index (Phi) is 10.3. The van der Waals surface area contributed by atoms with Crippen molar-refractivity contribution in [3.63, 3.8) is 0 Å². The fourth-order valence-corrected chi connectivity index (χ4v) is 5.71. The number of amides is 2. The van der Waals surface area contributed by atoms with Crippen LogP contribution in [0, 0.1) is 12.7 Å². The maximum absolute atomic E-state index is 13.9. The first-order chi connectivity index (χ1) is 18.4. The number of carbonyl (C=O) groups is 2. The molecule has 0 saturated heterocycles. The van der Waals surface area contributed by atoms with Crippen molar-refractivity contribution in [2.45, 2.75) is 57.6 Å². The minimum Gasteiger partial charge on any atom is -0.352 e. The summed E-state index contributed by atoms with van der Waals surface area (Å²) >= 11 is 3.43. The molecule has 2 atom stereocenters. The van der Waals surface area contributed by atoms with Crippen molar-refractivity contribution in [2.75, 3.05) is 10.8 Å². The molecule has 1 N–H and O–H groups in total. The highest BCUT2D eigenvalue weighted by atomic mass is 79.9. The highest BCUT2D eigenvalue weighted by Gasteiger charge is 2.32. The number of sulfonamides is 1. The number of hydrogen-bond acceptors (Lipinski definition) is 4. The van der Waals surface area contributed by atoms with Crippen LogP contribution in [0.2, 0.25) is 0 Å². The summed E-state index contributed by atoms with van der Waals surface area (Å²) in [5, 5.41) is 2.90. The lowest BCUT2D eigenvalue weighted by molar-refractivity contribution is -0.139. The number of benzene rings is 3. The van der Waals surface area contributed by atoms with Crippen molar-refractivity contribution in [3.05, 3.63) is 94.2 Å². The van der Waals surface area contributed by atoms with E-state index >= 15 is 0 Å². The average Bonchev–Trinajstić information content (AvgIpc) is 2.90. The van der Waals surface area contributed by atoms with E-state index in [0.717, 1.165) is 32.0 Å². The molecular formula is C29H33BrFN3O4S. The molecule has 0 heterocycles. The lowest BCUT2D eigenvalue weighted by Crippen LogP contribution is -2.52. The van der Waals surface area contributed by atoms with Gasteiger partial charge in [0.05, 0.1) is 10.6 Å². The molecule has 0 aliphatic carbocycles. The SMILES string of the molecule is CC[C@@H](C)NC(=O)[C@H](C)N(Cc1cccc(Br)c1)C(=O)CN(c1ccc(F)cc1)S(=O)(=O)c1ccc(C)cc1. The van der Waals surface area contributed by atoms with Crippen LogP contribution in [0.15, 0.2) is 82.2 Å². The van der Waals surface area contributed by atoms with Crippen LogP contribution >= 0.6 is 15.9 Å². The molecular weight excluding hydrogens is 585 g/mol. The van der Waals surface area contributed by atoms with Gasteiger partial charge >= 0.3 is 0 Å². The molecule has 3 aromatic rings. The number of halogens is 2. The Bertz CT molecular complexity index is 1400. The van der Waals surface area contributed by atoms with E-state index in [4.69, 9.17) is 0 Å². The van der Waals surface area contributed by atoms with Gasteiger partial charge in [0.25, 0.3) is 10.0 Å².